The molecule has 5 nitrogen and oxygen atoms in total. The van der Waals surface area contributed by atoms with Crippen molar-refractivity contribution in [3.8, 4) is 0 Å². The lowest BCUT2D eigenvalue weighted by molar-refractivity contribution is 0.894. The number of halogens is 2. The fraction of sp³-hybridized carbons (Fsp3) is 0.111. The van der Waals surface area contributed by atoms with E-state index < -0.39 is 0 Å². The maximum atomic E-state index is 6.27. The normalized spacial score (nSPS) is 10.5. The first-order valence-corrected chi connectivity index (χ1v) is 8.38. The van der Waals surface area contributed by atoms with Crippen molar-refractivity contribution in [1.29, 1.82) is 0 Å². The summed E-state index contributed by atoms with van der Waals surface area (Å²) in [6, 6.07) is 15.4. The molecule has 3 rings (SSSR count). The van der Waals surface area contributed by atoms with Crippen LogP contribution in [0.5, 0.6) is 0 Å². The van der Waals surface area contributed by atoms with E-state index in [-0.39, 0.29) is 0 Å². The van der Waals surface area contributed by atoms with E-state index in [9.17, 15) is 0 Å². The lowest BCUT2D eigenvalue weighted by Crippen LogP contribution is -2.20. The van der Waals surface area contributed by atoms with Crippen LogP contribution in [0.4, 0.5) is 23.0 Å². The Bertz CT molecular complexity index is 871. The van der Waals surface area contributed by atoms with Crippen molar-refractivity contribution >= 4 is 46.2 Å². The van der Waals surface area contributed by atoms with Crippen molar-refractivity contribution in [1.82, 2.24) is 9.97 Å². The number of benzene rings is 2. The van der Waals surface area contributed by atoms with E-state index in [1.165, 1.54) is 11.9 Å². The van der Waals surface area contributed by atoms with Crippen LogP contribution in [-0.4, -0.2) is 17.0 Å². The molecule has 0 aliphatic heterocycles. The first-order valence-electron chi connectivity index (χ1n) is 7.62. The fourth-order valence-electron chi connectivity index (χ4n) is 2.43. The third-order valence-corrected chi connectivity index (χ3v) is 4.41. The molecule has 0 bridgehead atoms. The molecule has 3 aromatic rings. The Kier molecular flexibility index (Phi) is 5.26. The Labute approximate surface area is 156 Å². The molecule has 1 heterocycles. The smallest absolute Gasteiger partial charge is 0.159 e. The molecule has 0 spiro atoms. The van der Waals surface area contributed by atoms with E-state index in [1.54, 1.807) is 12.1 Å². The van der Waals surface area contributed by atoms with Crippen molar-refractivity contribution in [2.24, 2.45) is 0 Å². The summed E-state index contributed by atoms with van der Waals surface area (Å²) in [5, 5.41) is 4.10. The molecule has 0 fully saturated rings. The van der Waals surface area contributed by atoms with Crippen molar-refractivity contribution in [3.05, 3.63) is 70.5 Å². The quantitative estimate of drug-likeness (QED) is 0.675. The lowest BCUT2D eigenvalue weighted by atomic mass is 10.2. The molecule has 7 heteroatoms. The van der Waals surface area contributed by atoms with Crippen LogP contribution in [0.2, 0.25) is 10.0 Å². The predicted octanol–water partition coefficient (Wildman–Crippen LogP) is 4.75. The van der Waals surface area contributed by atoms with Gasteiger partial charge in [-0.2, -0.15) is 0 Å². The Morgan fingerprint density at radius 3 is 2.52 bits per heavy atom. The number of hydrogen-bond acceptors (Lipinski definition) is 5. The van der Waals surface area contributed by atoms with E-state index >= 15 is 0 Å². The Balaban J connectivity index is 1.82. The molecular formula is C18H17Cl2N5. The van der Waals surface area contributed by atoms with E-state index in [1.807, 2.05) is 36.2 Å². The van der Waals surface area contributed by atoms with E-state index in [0.717, 1.165) is 5.69 Å². The van der Waals surface area contributed by atoms with Crippen molar-refractivity contribution in [2.75, 3.05) is 23.0 Å². The number of nitrogens with zero attached hydrogens (tertiary/aromatic N) is 3. The van der Waals surface area contributed by atoms with Gasteiger partial charge in [-0.3, -0.25) is 0 Å². The second-order valence-corrected chi connectivity index (χ2v) is 6.37. The van der Waals surface area contributed by atoms with Crippen LogP contribution in [0.1, 0.15) is 5.56 Å². The van der Waals surface area contributed by atoms with Crippen LogP contribution in [0.15, 0.2) is 54.9 Å². The minimum absolute atomic E-state index is 0.459. The molecule has 0 unspecified atom stereocenters. The number of hydrogen-bond donors (Lipinski definition) is 2. The summed E-state index contributed by atoms with van der Waals surface area (Å²) in [6.07, 6.45) is 1.48. The molecule has 0 amide bonds. The summed E-state index contributed by atoms with van der Waals surface area (Å²) in [7, 11) is 1.94. The maximum Gasteiger partial charge on any atom is 0.159 e. The standard InChI is InChI=1S/C18H17Cl2N5/c1-25(10-12-5-3-2-4-6-12)18-16(21)17(22-11-23-18)24-13-7-8-14(19)15(20)9-13/h2-9,11H,10,21H2,1H3,(H,22,23,24). The highest BCUT2D eigenvalue weighted by Gasteiger charge is 2.13. The number of nitrogens with one attached hydrogen (secondary N) is 1. The topological polar surface area (TPSA) is 67.1 Å². The third-order valence-electron chi connectivity index (χ3n) is 3.67. The van der Waals surface area contributed by atoms with Gasteiger partial charge in [-0.1, -0.05) is 53.5 Å². The summed E-state index contributed by atoms with van der Waals surface area (Å²) in [5.74, 6) is 1.17. The molecule has 0 saturated carbocycles. The van der Waals surface area contributed by atoms with Crippen molar-refractivity contribution < 1.29 is 0 Å². The molecule has 2 aromatic carbocycles. The SMILES string of the molecule is CN(Cc1ccccc1)c1ncnc(Nc2ccc(Cl)c(Cl)c2)c1N. The third kappa shape index (κ3) is 4.13. The first kappa shape index (κ1) is 17.3. The van der Waals surface area contributed by atoms with E-state index in [4.69, 9.17) is 28.9 Å². The van der Waals surface area contributed by atoms with Gasteiger partial charge in [0.2, 0.25) is 0 Å². The van der Waals surface area contributed by atoms with Gasteiger partial charge in [0.25, 0.3) is 0 Å². The van der Waals surface area contributed by atoms with Gasteiger partial charge in [0, 0.05) is 19.3 Å². The summed E-state index contributed by atoms with van der Waals surface area (Å²) in [5.41, 5.74) is 8.65. The van der Waals surface area contributed by atoms with Gasteiger partial charge >= 0.3 is 0 Å². The lowest BCUT2D eigenvalue weighted by Gasteiger charge is -2.21. The predicted molar refractivity (Wildman–Crippen MR) is 105 cm³/mol. The molecule has 0 aliphatic carbocycles. The molecule has 3 N–H and O–H groups in total. The summed E-state index contributed by atoms with van der Waals surface area (Å²) in [6.45, 7) is 0.689. The molecule has 1 aromatic heterocycles. The number of nitrogen functional groups attached to an aromatic ring is 1. The zero-order chi connectivity index (χ0) is 17.8. The average Bonchev–Trinajstić information content (AvgIpc) is 2.61. The number of anilines is 4. The monoisotopic (exact) mass is 373 g/mol. The second kappa shape index (κ2) is 7.59. The van der Waals surface area contributed by atoms with Gasteiger partial charge in [-0.05, 0) is 23.8 Å². The minimum atomic E-state index is 0.459. The van der Waals surface area contributed by atoms with Gasteiger partial charge in [0.15, 0.2) is 11.6 Å². The summed E-state index contributed by atoms with van der Waals surface area (Å²) >= 11 is 12.0. The Morgan fingerprint density at radius 2 is 1.80 bits per heavy atom. The van der Waals surface area contributed by atoms with Gasteiger partial charge in [0.1, 0.15) is 12.0 Å². The first-order chi connectivity index (χ1) is 12.0. The van der Waals surface area contributed by atoms with E-state index in [0.29, 0.717) is 33.9 Å². The highest BCUT2D eigenvalue weighted by molar-refractivity contribution is 6.42. The molecule has 0 aliphatic rings. The van der Waals surface area contributed by atoms with Crippen LogP contribution < -0.4 is 16.0 Å². The van der Waals surface area contributed by atoms with Gasteiger partial charge in [-0.15, -0.1) is 0 Å². The van der Waals surface area contributed by atoms with E-state index in [2.05, 4.69) is 27.4 Å². The molecule has 25 heavy (non-hydrogen) atoms. The minimum Gasteiger partial charge on any atom is -0.393 e. The molecule has 0 saturated heterocycles. The number of aromatic nitrogens is 2. The molecule has 0 atom stereocenters. The number of rotatable bonds is 5. The largest absolute Gasteiger partial charge is 0.393 e. The highest BCUT2D eigenvalue weighted by Crippen LogP contribution is 2.31. The summed E-state index contributed by atoms with van der Waals surface area (Å²) in [4.78, 5) is 10.5. The van der Waals surface area contributed by atoms with Crippen LogP contribution in [0.3, 0.4) is 0 Å². The summed E-state index contributed by atoms with van der Waals surface area (Å²) < 4.78 is 0. The zero-order valence-corrected chi connectivity index (χ0v) is 15.1. The zero-order valence-electron chi connectivity index (χ0n) is 13.6. The second-order valence-electron chi connectivity index (χ2n) is 5.56. The van der Waals surface area contributed by atoms with Crippen LogP contribution in [-0.2, 0) is 6.54 Å². The van der Waals surface area contributed by atoms with Gasteiger partial charge in [0.05, 0.1) is 10.0 Å². The molecule has 0 radical (unpaired) electrons. The van der Waals surface area contributed by atoms with Gasteiger partial charge in [-0.25, -0.2) is 9.97 Å². The average molecular weight is 374 g/mol. The van der Waals surface area contributed by atoms with Crippen LogP contribution in [0.25, 0.3) is 0 Å². The van der Waals surface area contributed by atoms with Crippen molar-refractivity contribution in [3.63, 3.8) is 0 Å². The maximum absolute atomic E-state index is 6.27. The Hall–Kier alpha value is -2.50. The Morgan fingerprint density at radius 1 is 1.04 bits per heavy atom. The number of nitrogens with two attached hydrogens (primary N) is 1. The van der Waals surface area contributed by atoms with Crippen LogP contribution in [0, 0.1) is 0 Å². The molecule has 128 valence electrons. The highest BCUT2D eigenvalue weighted by atomic mass is 35.5. The van der Waals surface area contributed by atoms with Crippen molar-refractivity contribution in [2.45, 2.75) is 6.54 Å². The fourth-order valence-corrected chi connectivity index (χ4v) is 2.73. The molecular weight excluding hydrogens is 357 g/mol. The van der Waals surface area contributed by atoms with Crippen LogP contribution >= 0.6 is 23.2 Å². The van der Waals surface area contributed by atoms with Gasteiger partial charge < -0.3 is 16.0 Å².